The van der Waals surface area contributed by atoms with Crippen LogP contribution in [0.2, 0.25) is 0 Å². The molecule has 0 aromatic heterocycles. The van der Waals surface area contributed by atoms with Crippen LogP contribution in [0.5, 0.6) is 0 Å². The smallest absolute Gasteiger partial charge is 0.225 e. The highest BCUT2D eigenvalue weighted by Gasteiger charge is 2.51. The van der Waals surface area contributed by atoms with E-state index in [2.05, 4.69) is 36.9 Å². The van der Waals surface area contributed by atoms with E-state index >= 15 is 0 Å². The van der Waals surface area contributed by atoms with Crippen LogP contribution in [0, 0.1) is 25.2 Å². The lowest BCUT2D eigenvalue weighted by Crippen LogP contribution is -2.62. The number of likely N-dealkylation sites (tertiary alicyclic amines) is 1. The van der Waals surface area contributed by atoms with Crippen molar-refractivity contribution in [3.63, 3.8) is 0 Å². The van der Waals surface area contributed by atoms with Crippen molar-refractivity contribution in [1.29, 1.82) is 0 Å². The van der Waals surface area contributed by atoms with Gasteiger partial charge in [-0.25, -0.2) is 0 Å². The molecule has 2 aliphatic carbocycles. The summed E-state index contributed by atoms with van der Waals surface area (Å²) in [5.41, 5.74) is 4.03. The van der Waals surface area contributed by atoms with Crippen molar-refractivity contribution in [2.24, 2.45) is 11.3 Å². The van der Waals surface area contributed by atoms with E-state index in [1.807, 2.05) is 6.92 Å². The van der Waals surface area contributed by atoms with Crippen molar-refractivity contribution in [3.05, 3.63) is 34.9 Å². The SMILES string of the molecule is Cc1cc(C)cc(C2CCC3(CC2)CN(C(=O)[C@H]2C[C@@](C)(O)C2)C3)c1. The van der Waals surface area contributed by atoms with Gasteiger partial charge in [-0.05, 0) is 70.8 Å². The van der Waals surface area contributed by atoms with Crippen molar-refractivity contribution in [3.8, 4) is 0 Å². The second kappa shape index (κ2) is 5.84. The Balaban J connectivity index is 1.30. The number of carbonyl (C=O) groups excluding carboxylic acids is 1. The molecule has 1 spiro atoms. The number of benzene rings is 1. The number of aliphatic hydroxyl groups is 1. The monoisotopic (exact) mass is 341 g/mol. The Morgan fingerprint density at radius 2 is 1.64 bits per heavy atom. The second-order valence-electron chi connectivity index (χ2n) is 9.49. The molecule has 1 aromatic rings. The van der Waals surface area contributed by atoms with Crippen molar-refractivity contribution in [2.45, 2.75) is 70.8 Å². The number of aryl methyl sites for hydroxylation is 2. The van der Waals surface area contributed by atoms with E-state index in [1.165, 1.54) is 42.4 Å². The third-order valence-electron chi connectivity index (χ3n) is 6.85. The van der Waals surface area contributed by atoms with Gasteiger partial charge in [-0.2, -0.15) is 0 Å². The molecule has 3 aliphatic rings. The molecule has 0 unspecified atom stereocenters. The first-order valence-corrected chi connectivity index (χ1v) is 9.85. The van der Waals surface area contributed by atoms with E-state index < -0.39 is 5.60 Å². The summed E-state index contributed by atoms with van der Waals surface area (Å²) in [4.78, 5) is 14.5. The maximum absolute atomic E-state index is 12.5. The van der Waals surface area contributed by atoms with Crippen LogP contribution in [-0.4, -0.2) is 34.6 Å². The fraction of sp³-hybridized carbons (Fsp3) is 0.682. The van der Waals surface area contributed by atoms with E-state index in [0.29, 0.717) is 24.2 Å². The van der Waals surface area contributed by atoms with Crippen LogP contribution in [0.15, 0.2) is 18.2 Å². The van der Waals surface area contributed by atoms with E-state index in [4.69, 9.17) is 0 Å². The first kappa shape index (κ1) is 17.1. The zero-order chi connectivity index (χ0) is 17.8. The lowest BCUT2D eigenvalue weighted by molar-refractivity contribution is -0.163. The van der Waals surface area contributed by atoms with Gasteiger partial charge in [-0.1, -0.05) is 29.3 Å². The van der Waals surface area contributed by atoms with Crippen LogP contribution in [0.25, 0.3) is 0 Å². The predicted octanol–water partition coefficient (Wildman–Crippen LogP) is 3.95. The first-order chi connectivity index (χ1) is 11.8. The summed E-state index contributed by atoms with van der Waals surface area (Å²) < 4.78 is 0. The van der Waals surface area contributed by atoms with Crippen LogP contribution >= 0.6 is 0 Å². The molecule has 0 bridgehead atoms. The molecule has 1 aliphatic heterocycles. The summed E-state index contributed by atoms with van der Waals surface area (Å²) in [5, 5.41) is 9.85. The Morgan fingerprint density at radius 3 is 2.16 bits per heavy atom. The number of carbonyl (C=O) groups is 1. The summed E-state index contributed by atoms with van der Waals surface area (Å²) >= 11 is 0. The highest BCUT2D eigenvalue weighted by atomic mass is 16.3. The summed E-state index contributed by atoms with van der Waals surface area (Å²) in [7, 11) is 0. The molecule has 1 aromatic carbocycles. The molecule has 3 heteroatoms. The third-order valence-corrected chi connectivity index (χ3v) is 6.85. The summed E-state index contributed by atoms with van der Waals surface area (Å²) in [6, 6.07) is 6.96. The van der Waals surface area contributed by atoms with Crippen LogP contribution in [0.1, 0.15) is 68.1 Å². The van der Waals surface area contributed by atoms with Gasteiger partial charge in [-0.15, -0.1) is 0 Å². The first-order valence-electron chi connectivity index (χ1n) is 9.85. The number of hydrogen-bond donors (Lipinski definition) is 1. The van der Waals surface area contributed by atoms with Gasteiger partial charge < -0.3 is 10.0 Å². The molecule has 136 valence electrons. The maximum Gasteiger partial charge on any atom is 0.225 e. The van der Waals surface area contributed by atoms with E-state index in [0.717, 1.165) is 13.1 Å². The largest absolute Gasteiger partial charge is 0.390 e. The van der Waals surface area contributed by atoms with Gasteiger partial charge in [0.25, 0.3) is 0 Å². The average molecular weight is 341 g/mol. The molecule has 3 fully saturated rings. The summed E-state index contributed by atoms with van der Waals surface area (Å²) in [5.74, 6) is 1.04. The molecule has 0 radical (unpaired) electrons. The summed E-state index contributed by atoms with van der Waals surface area (Å²) in [6.07, 6.45) is 6.29. The standard InChI is InChI=1S/C22H31NO2/c1-15-8-16(2)10-18(9-15)17-4-6-22(7-5-17)13-23(14-22)20(24)19-11-21(3,25)12-19/h8-10,17,19,25H,4-7,11-14H2,1-3H3/t19-,21+. The van der Waals surface area contributed by atoms with Crippen LogP contribution in [0.4, 0.5) is 0 Å². The van der Waals surface area contributed by atoms with Crippen LogP contribution < -0.4 is 0 Å². The minimum atomic E-state index is -0.604. The van der Waals surface area contributed by atoms with Gasteiger partial charge in [-0.3, -0.25) is 4.79 Å². The predicted molar refractivity (Wildman–Crippen MR) is 99.5 cm³/mol. The number of nitrogens with zero attached hydrogens (tertiary/aromatic N) is 1. The Bertz CT molecular complexity index is 649. The summed E-state index contributed by atoms with van der Waals surface area (Å²) in [6.45, 7) is 8.11. The van der Waals surface area contributed by atoms with Gasteiger partial charge in [0, 0.05) is 24.4 Å². The molecule has 1 saturated heterocycles. The minimum Gasteiger partial charge on any atom is -0.390 e. The van der Waals surface area contributed by atoms with Crippen molar-refractivity contribution >= 4 is 5.91 Å². The molecule has 0 atom stereocenters. The molecular weight excluding hydrogens is 310 g/mol. The number of rotatable bonds is 2. The molecule has 25 heavy (non-hydrogen) atoms. The molecule has 1 N–H and O–H groups in total. The van der Waals surface area contributed by atoms with Gasteiger partial charge in [0.05, 0.1) is 5.60 Å². The number of amides is 1. The van der Waals surface area contributed by atoms with Gasteiger partial charge >= 0.3 is 0 Å². The highest BCUT2D eigenvalue weighted by molar-refractivity contribution is 5.81. The lowest BCUT2D eigenvalue weighted by Gasteiger charge is -2.55. The minimum absolute atomic E-state index is 0.0685. The molecule has 2 saturated carbocycles. The van der Waals surface area contributed by atoms with Crippen LogP contribution in [0.3, 0.4) is 0 Å². The Kier molecular flexibility index (Phi) is 3.99. The van der Waals surface area contributed by atoms with E-state index in [1.54, 1.807) is 0 Å². The average Bonchev–Trinajstić information content (AvgIpc) is 2.48. The van der Waals surface area contributed by atoms with Gasteiger partial charge in [0.1, 0.15) is 0 Å². The fourth-order valence-corrected chi connectivity index (χ4v) is 5.48. The quantitative estimate of drug-likeness (QED) is 0.885. The van der Waals surface area contributed by atoms with Crippen molar-refractivity contribution in [1.82, 2.24) is 4.90 Å². The van der Waals surface area contributed by atoms with Crippen molar-refractivity contribution < 1.29 is 9.90 Å². The molecule has 4 rings (SSSR count). The zero-order valence-electron chi connectivity index (χ0n) is 15.8. The normalized spacial score (nSPS) is 31.5. The Hall–Kier alpha value is -1.35. The second-order valence-corrected chi connectivity index (χ2v) is 9.49. The topological polar surface area (TPSA) is 40.5 Å². The Morgan fingerprint density at radius 1 is 1.08 bits per heavy atom. The van der Waals surface area contributed by atoms with Gasteiger partial charge in [0.15, 0.2) is 0 Å². The van der Waals surface area contributed by atoms with Crippen LogP contribution in [-0.2, 0) is 4.79 Å². The van der Waals surface area contributed by atoms with E-state index in [9.17, 15) is 9.90 Å². The third kappa shape index (κ3) is 3.23. The maximum atomic E-state index is 12.5. The lowest BCUT2D eigenvalue weighted by atomic mass is 9.63. The molecule has 3 nitrogen and oxygen atoms in total. The zero-order valence-corrected chi connectivity index (χ0v) is 15.8. The fourth-order valence-electron chi connectivity index (χ4n) is 5.48. The van der Waals surface area contributed by atoms with Crippen molar-refractivity contribution in [2.75, 3.05) is 13.1 Å². The van der Waals surface area contributed by atoms with E-state index in [-0.39, 0.29) is 11.8 Å². The Labute approximate surface area is 151 Å². The molecule has 1 amide bonds. The highest BCUT2D eigenvalue weighted by Crippen LogP contribution is 2.50. The number of hydrogen-bond acceptors (Lipinski definition) is 2. The van der Waals surface area contributed by atoms with Gasteiger partial charge in [0.2, 0.25) is 5.91 Å². The molecule has 1 heterocycles. The molecular formula is C22H31NO2.